The van der Waals surface area contributed by atoms with E-state index in [1.807, 2.05) is 37.3 Å². The van der Waals surface area contributed by atoms with Crippen LogP contribution in [0.1, 0.15) is 42.0 Å². The average molecular weight is 331 g/mol. The predicted octanol–water partition coefficient (Wildman–Crippen LogP) is 5.66. The molecular formula is C23H25NO. The van der Waals surface area contributed by atoms with Gasteiger partial charge in [0.2, 0.25) is 0 Å². The van der Waals surface area contributed by atoms with Crippen molar-refractivity contribution in [2.24, 2.45) is 0 Å². The highest BCUT2D eigenvalue weighted by Gasteiger charge is 2.18. The summed E-state index contributed by atoms with van der Waals surface area (Å²) in [6, 6.07) is 31.2. The second-order valence-corrected chi connectivity index (χ2v) is 6.41. The Hall–Kier alpha value is -2.42. The third kappa shape index (κ3) is 4.56. The van der Waals surface area contributed by atoms with E-state index >= 15 is 0 Å². The molecule has 128 valence electrons. The van der Waals surface area contributed by atoms with Crippen molar-refractivity contribution in [3.63, 3.8) is 0 Å². The predicted molar refractivity (Wildman–Crippen MR) is 103 cm³/mol. The summed E-state index contributed by atoms with van der Waals surface area (Å²) in [5.41, 5.74) is 3.70. The Morgan fingerprint density at radius 1 is 0.680 bits per heavy atom. The van der Waals surface area contributed by atoms with Gasteiger partial charge in [-0.25, -0.2) is 0 Å². The Morgan fingerprint density at radius 2 is 1.08 bits per heavy atom. The smallest absolute Gasteiger partial charge is 0.0571 e. The van der Waals surface area contributed by atoms with E-state index in [1.165, 1.54) is 16.2 Å². The molecule has 1 unspecified atom stereocenters. The lowest BCUT2D eigenvalue weighted by Gasteiger charge is -2.26. The van der Waals surface area contributed by atoms with Gasteiger partial charge in [-0.3, -0.25) is 0 Å². The fourth-order valence-electron chi connectivity index (χ4n) is 3.26. The molecule has 1 N–H and O–H groups in total. The van der Waals surface area contributed by atoms with Crippen LogP contribution >= 0.6 is 0 Å². The maximum absolute atomic E-state index is 10.5. The second kappa shape index (κ2) is 8.61. The number of hydrogen-bond acceptors (Lipinski definition) is 2. The minimum Gasteiger partial charge on any atom is -0.313 e. The van der Waals surface area contributed by atoms with Gasteiger partial charge in [-0.15, -0.1) is 0 Å². The van der Waals surface area contributed by atoms with Crippen LogP contribution in [0.15, 0.2) is 91.0 Å². The van der Waals surface area contributed by atoms with Crippen molar-refractivity contribution in [3.05, 3.63) is 108 Å². The molecule has 0 saturated heterocycles. The van der Waals surface area contributed by atoms with Crippen LogP contribution in [0.25, 0.3) is 0 Å². The normalized spacial score (nSPS) is 12.5. The van der Waals surface area contributed by atoms with Crippen LogP contribution in [0.2, 0.25) is 0 Å². The fraction of sp³-hybridized carbons (Fsp3) is 0.217. The molecule has 0 aliphatic heterocycles. The number of hydrogen-bond donors (Lipinski definition) is 1. The molecule has 0 aliphatic carbocycles. The zero-order valence-electron chi connectivity index (χ0n) is 14.6. The van der Waals surface area contributed by atoms with Crippen molar-refractivity contribution >= 4 is 0 Å². The summed E-state index contributed by atoms with van der Waals surface area (Å²) in [5, 5.41) is 12.0. The van der Waals surface area contributed by atoms with Crippen molar-refractivity contribution in [1.29, 1.82) is 0 Å². The molecule has 1 atom stereocenters. The molecule has 0 spiro atoms. The molecule has 3 aromatic carbocycles. The lowest BCUT2D eigenvalue weighted by Crippen LogP contribution is -2.25. The molecule has 0 aliphatic rings. The van der Waals surface area contributed by atoms with Crippen LogP contribution in [0, 0.1) is 0 Å². The summed E-state index contributed by atoms with van der Waals surface area (Å²) in [5.74, 6) is 0.278. The summed E-state index contributed by atoms with van der Waals surface area (Å²) >= 11 is 0. The van der Waals surface area contributed by atoms with E-state index in [-0.39, 0.29) is 12.0 Å². The van der Waals surface area contributed by atoms with Crippen LogP contribution in [0.3, 0.4) is 0 Å². The van der Waals surface area contributed by atoms with Crippen LogP contribution in [-0.4, -0.2) is 16.8 Å². The molecule has 3 aromatic rings. The minimum absolute atomic E-state index is 0.0200. The Balaban J connectivity index is 1.73. The lowest BCUT2D eigenvalue weighted by molar-refractivity contribution is -0.124. The van der Waals surface area contributed by atoms with Crippen molar-refractivity contribution in [3.8, 4) is 0 Å². The maximum atomic E-state index is 10.5. The first-order chi connectivity index (χ1) is 12.3. The van der Waals surface area contributed by atoms with Crippen LogP contribution in [-0.2, 0) is 0 Å². The highest BCUT2D eigenvalue weighted by molar-refractivity contribution is 5.32. The summed E-state index contributed by atoms with van der Waals surface area (Å²) in [6.45, 7) is 2.65. The monoisotopic (exact) mass is 331 g/mol. The van der Waals surface area contributed by atoms with Gasteiger partial charge in [0.05, 0.1) is 6.04 Å². The van der Waals surface area contributed by atoms with Gasteiger partial charge in [0, 0.05) is 12.5 Å². The number of nitrogens with zero attached hydrogens (tertiary/aromatic N) is 1. The van der Waals surface area contributed by atoms with Gasteiger partial charge in [0.15, 0.2) is 0 Å². The van der Waals surface area contributed by atoms with Crippen molar-refractivity contribution in [2.75, 3.05) is 6.54 Å². The van der Waals surface area contributed by atoms with E-state index in [2.05, 4.69) is 60.7 Å². The minimum atomic E-state index is -0.0200. The van der Waals surface area contributed by atoms with E-state index in [4.69, 9.17) is 0 Å². The first kappa shape index (κ1) is 17.4. The molecule has 0 amide bonds. The maximum Gasteiger partial charge on any atom is 0.0571 e. The fourth-order valence-corrected chi connectivity index (χ4v) is 3.26. The quantitative estimate of drug-likeness (QED) is 0.565. The van der Waals surface area contributed by atoms with Gasteiger partial charge in [0.25, 0.3) is 0 Å². The van der Waals surface area contributed by atoms with E-state index < -0.39 is 0 Å². The Morgan fingerprint density at radius 3 is 1.52 bits per heavy atom. The molecule has 2 heteroatoms. The topological polar surface area (TPSA) is 23.5 Å². The van der Waals surface area contributed by atoms with E-state index in [0.29, 0.717) is 6.54 Å². The third-order valence-electron chi connectivity index (χ3n) is 4.78. The molecule has 3 rings (SSSR count). The van der Waals surface area contributed by atoms with Gasteiger partial charge in [0.1, 0.15) is 0 Å². The summed E-state index contributed by atoms with van der Waals surface area (Å²) < 4.78 is 0. The lowest BCUT2D eigenvalue weighted by atomic mass is 9.88. The Labute approximate surface area is 150 Å². The van der Waals surface area contributed by atoms with Crippen molar-refractivity contribution in [1.82, 2.24) is 5.06 Å². The molecule has 0 heterocycles. The van der Waals surface area contributed by atoms with Gasteiger partial charge >= 0.3 is 0 Å². The highest BCUT2D eigenvalue weighted by atomic mass is 16.5. The number of benzene rings is 3. The summed E-state index contributed by atoms with van der Waals surface area (Å²) in [6.07, 6.45) is 0.863. The number of rotatable bonds is 7. The van der Waals surface area contributed by atoms with Gasteiger partial charge in [-0.2, -0.15) is 5.06 Å². The SMILES string of the molecule is CC(c1ccccc1)N(O)CCC(c1ccccc1)c1ccccc1. The highest BCUT2D eigenvalue weighted by Crippen LogP contribution is 2.29. The van der Waals surface area contributed by atoms with E-state index in [9.17, 15) is 5.21 Å². The third-order valence-corrected chi connectivity index (χ3v) is 4.78. The molecule has 0 fully saturated rings. The summed E-state index contributed by atoms with van der Waals surface area (Å²) in [7, 11) is 0. The van der Waals surface area contributed by atoms with Crippen LogP contribution in [0.4, 0.5) is 0 Å². The van der Waals surface area contributed by atoms with Crippen LogP contribution in [0.5, 0.6) is 0 Å². The molecule has 2 nitrogen and oxygen atoms in total. The molecule has 0 radical (unpaired) electrons. The average Bonchev–Trinajstić information content (AvgIpc) is 2.70. The molecule has 0 bridgehead atoms. The Kier molecular flexibility index (Phi) is 5.99. The van der Waals surface area contributed by atoms with E-state index in [0.717, 1.165) is 12.0 Å². The molecule has 25 heavy (non-hydrogen) atoms. The Bertz CT molecular complexity index is 703. The zero-order valence-corrected chi connectivity index (χ0v) is 14.6. The standard InChI is InChI=1S/C23H25NO/c1-19(20-11-5-2-6-12-20)24(25)18-17-23(21-13-7-3-8-14-21)22-15-9-4-10-16-22/h2-16,19,23,25H,17-18H2,1H3. The summed E-state index contributed by atoms with van der Waals surface area (Å²) in [4.78, 5) is 0. The van der Waals surface area contributed by atoms with Gasteiger partial charge in [-0.05, 0) is 30.0 Å². The van der Waals surface area contributed by atoms with Gasteiger partial charge < -0.3 is 5.21 Å². The molecule has 0 saturated carbocycles. The number of hydroxylamine groups is 2. The van der Waals surface area contributed by atoms with Gasteiger partial charge in [-0.1, -0.05) is 91.0 Å². The van der Waals surface area contributed by atoms with Crippen LogP contribution < -0.4 is 0 Å². The second-order valence-electron chi connectivity index (χ2n) is 6.41. The van der Waals surface area contributed by atoms with E-state index in [1.54, 1.807) is 0 Å². The molecule has 0 aromatic heterocycles. The first-order valence-corrected chi connectivity index (χ1v) is 8.86. The van der Waals surface area contributed by atoms with Crippen molar-refractivity contribution < 1.29 is 5.21 Å². The van der Waals surface area contributed by atoms with Crippen molar-refractivity contribution in [2.45, 2.75) is 25.3 Å². The first-order valence-electron chi connectivity index (χ1n) is 8.86. The zero-order chi connectivity index (χ0) is 17.5. The largest absolute Gasteiger partial charge is 0.313 e. The molecular weight excluding hydrogens is 306 g/mol.